The molecule has 8 nitrogen and oxygen atoms in total. The molecular weight excluding hydrogens is 429 g/mol. The van der Waals surface area contributed by atoms with E-state index in [1.807, 2.05) is 4.90 Å². The summed E-state index contributed by atoms with van der Waals surface area (Å²) in [5.74, 6) is -1.05. The molecule has 2 aliphatic rings. The van der Waals surface area contributed by atoms with E-state index in [2.05, 4.69) is 5.10 Å². The maximum absolute atomic E-state index is 13.4. The molecule has 2 aromatic rings. The van der Waals surface area contributed by atoms with Gasteiger partial charge in [-0.25, -0.2) is 9.59 Å². The number of aromatic carboxylic acids is 1. The summed E-state index contributed by atoms with van der Waals surface area (Å²) in [5, 5.41) is 12.7. The molecule has 0 spiro atoms. The normalized spacial score (nSPS) is 17.6. The average molecular weight is 452 g/mol. The molecule has 172 valence electrons. The third-order valence-corrected chi connectivity index (χ3v) is 5.71. The van der Waals surface area contributed by atoms with Crippen molar-refractivity contribution in [2.24, 2.45) is 0 Å². The van der Waals surface area contributed by atoms with Crippen molar-refractivity contribution in [2.75, 3.05) is 31.1 Å². The lowest BCUT2D eigenvalue weighted by Crippen LogP contribution is -2.43. The summed E-state index contributed by atoms with van der Waals surface area (Å²) in [4.78, 5) is 26.9. The van der Waals surface area contributed by atoms with Gasteiger partial charge in [0.05, 0.1) is 5.56 Å². The molecule has 2 fully saturated rings. The largest absolute Gasteiger partial charge is 0.490 e. The van der Waals surface area contributed by atoms with Crippen LogP contribution in [0.1, 0.15) is 41.7 Å². The molecule has 1 aromatic heterocycles. The Morgan fingerprint density at radius 3 is 2.34 bits per heavy atom. The van der Waals surface area contributed by atoms with Crippen LogP contribution in [0, 0.1) is 0 Å². The van der Waals surface area contributed by atoms with Crippen LogP contribution in [0.3, 0.4) is 0 Å². The first-order chi connectivity index (χ1) is 15.2. The Bertz CT molecular complexity index is 993. The monoisotopic (exact) mass is 452 g/mol. The van der Waals surface area contributed by atoms with E-state index in [0.717, 1.165) is 42.7 Å². The van der Waals surface area contributed by atoms with Crippen LogP contribution >= 0.6 is 0 Å². The molecule has 0 bridgehead atoms. The van der Waals surface area contributed by atoms with Crippen LogP contribution in [0.4, 0.5) is 23.7 Å². The van der Waals surface area contributed by atoms with Gasteiger partial charge >= 0.3 is 18.2 Å². The number of likely N-dealkylation sites (tertiary alicyclic amines) is 1. The van der Waals surface area contributed by atoms with Crippen molar-refractivity contribution in [3.05, 3.63) is 41.7 Å². The minimum Gasteiger partial charge on any atom is -0.490 e. The Kier molecular flexibility index (Phi) is 5.98. The zero-order valence-electron chi connectivity index (χ0n) is 17.2. The highest BCUT2D eigenvalue weighted by molar-refractivity contribution is 5.86. The number of hydrogen-bond donors (Lipinski definition) is 1. The van der Waals surface area contributed by atoms with Crippen molar-refractivity contribution in [2.45, 2.75) is 38.0 Å². The first-order valence-electron chi connectivity index (χ1n) is 10.4. The predicted molar refractivity (Wildman–Crippen MR) is 108 cm³/mol. The van der Waals surface area contributed by atoms with Crippen molar-refractivity contribution < 1.29 is 32.6 Å². The van der Waals surface area contributed by atoms with Crippen LogP contribution < -0.4 is 9.64 Å². The van der Waals surface area contributed by atoms with E-state index in [9.17, 15) is 22.8 Å². The lowest BCUT2D eigenvalue weighted by Gasteiger charge is -2.32. The quantitative estimate of drug-likeness (QED) is 0.761. The molecule has 0 radical (unpaired) electrons. The number of aromatic nitrogens is 2. The summed E-state index contributed by atoms with van der Waals surface area (Å²) in [7, 11) is 0. The van der Waals surface area contributed by atoms with Gasteiger partial charge in [-0.1, -0.05) is 0 Å². The maximum Gasteiger partial charge on any atom is 0.416 e. The number of benzene rings is 1. The molecule has 1 aromatic carbocycles. The number of carbonyl (C=O) groups excluding carboxylic acids is 1. The van der Waals surface area contributed by atoms with E-state index in [1.54, 1.807) is 6.07 Å². The zero-order chi connectivity index (χ0) is 22.9. The summed E-state index contributed by atoms with van der Waals surface area (Å²) in [5.41, 5.74) is -0.458. The van der Waals surface area contributed by atoms with Gasteiger partial charge in [0.25, 0.3) is 0 Å². The summed E-state index contributed by atoms with van der Waals surface area (Å²) in [6, 6.07) is 4.62. The van der Waals surface area contributed by atoms with E-state index in [0.29, 0.717) is 31.6 Å². The number of amides is 1. The van der Waals surface area contributed by atoms with Gasteiger partial charge in [0.2, 0.25) is 0 Å². The molecule has 11 heteroatoms. The molecule has 0 atom stereocenters. The highest BCUT2D eigenvalue weighted by Gasteiger charge is 2.33. The highest BCUT2D eigenvalue weighted by Crippen LogP contribution is 2.36. The molecule has 0 aliphatic carbocycles. The number of alkyl halides is 3. The number of rotatable bonds is 4. The lowest BCUT2D eigenvalue weighted by molar-refractivity contribution is -0.137. The Morgan fingerprint density at radius 2 is 1.75 bits per heavy atom. The Balaban J connectivity index is 1.41. The Morgan fingerprint density at radius 1 is 1.06 bits per heavy atom. The number of carbonyl (C=O) groups is 2. The van der Waals surface area contributed by atoms with Crippen molar-refractivity contribution >= 4 is 17.7 Å². The van der Waals surface area contributed by atoms with E-state index in [1.165, 1.54) is 17.2 Å². The number of hydrogen-bond acceptors (Lipinski definition) is 5. The van der Waals surface area contributed by atoms with Gasteiger partial charge in [-0.15, -0.1) is 0 Å². The van der Waals surface area contributed by atoms with Crippen LogP contribution in [0.15, 0.2) is 30.5 Å². The second kappa shape index (κ2) is 8.71. The van der Waals surface area contributed by atoms with Gasteiger partial charge < -0.3 is 19.6 Å². The number of carboxylic acids is 1. The minimum atomic E-state index is -4.47. The van der Waals surface area contributed by atoms with Gasteiger partial charge in [0, 0.05) is 57.0 Å². The van der Waals surface area contributed by atoms with Crippen molar-refractivity contribution in [3.8, 4) is 5.75 Å². The minimum absolute atomic E-state index is 0.171. The zero-order valence-corrected chi connectivity index (χ0v) is 17.2. The molecule has 1 amide bonds. The SMILES string of the molecule is O=C(O)c1ccn(C(=O)N2CCC(Oc3cc(N4CCCC4)cc(C(F)(F)F)c3)CC2)n1. The molecule has 0 saturated carbocycles. The fraction of sp³-hybridized carbons (Fsp3) is 0.476. The van der Waals surface area contributed by atoms with E-state index < -0.39 is 23.7 Å². The van der Waals surface area contributed by atoms with E-state index >= 15 is 0 Å². The van der Waals surface area contributed by atoms with Crippen LogP contribution in [0.25, 0.3) is 0 Å². The van der Waals surface area contributed by atoms with Crippen molar-refractivity contribution in [1.82, 2.24) is 14.7 Å². The van der Waals surface area contributed by atoms with Crippen molar-refractivity contribution in [1.29, 1.82) is 0 Å². The van der Waals surface area contributed by atoms with Crippen LogP contribution in [0.5, 0.6) is 5.75 Å². The standard InChI is InChI=1S/C21H23F3N4O4/c22-21(23,24)14-11-15(26-6-1-2-7-26)13-17(12-14)32-16-3-8-27(9-4-16)20(31)28-10-5-18(25-28)19(29)30/h5,10-13,16H,1-4,6-9H2,(H,29,30). The summed E-state index contributed by atoms with van der Waals surface area (Å²) in [6.07, 6.45) is -0.741. The molecular formula is C21H23F3N4O4. The predicted octanol–water partition coefficient (Wildman–Crippen LogP) is 3.71. The topological polar surface area (TPSA) is 87.9 Å². The number of halogens is 3. The number of anilines is 1. The molecule has 3 heterocycles. The van der Waals surface area contributed by atoms with Gasteiger partial charge in [0.15, 0.2) is 5.69 Å². The molecule has 4 rings (SSSR count). The first-order valence-corrected chi connectivity index (χ1v) is 10.4. The average Bonchev–Trinajstić information content (AvgIpc) is 3.45. The summed E-state index contributed by atoms with van der Waals surface area (Å²) in [6.45, 7) is 2.09. The smallest absolute Gasteiger partial charge is 0.416 e. The van der Waals surface area contributed by atoms with Crippen LogP contribution in [-0.4, -0.2) is 64.1 Å². The molecule has 0 unspecified atom stereocenters. The number of piperidine rings is 1. The van der Waals surface area contributed by atoms with Gasteiger partial charge in [-0.3, -0.25) is 0 Å². The third kappa shape index (κ3) is 4.81. The van der Waals surface area contributed by atoms with Gasteiger partial charge in [-0.05, 0) is 31.0 Å². The van der Waals surface area contributed by atoms with Crippen LogP contribution in [-0.2, 0) is 6.18 Å². The second-order valence-electron chi connectivity index (χ2n) is 7.95. The maximum atomic E-state index is 13.4. The second-order valence-corrected chi connectivity index (χ2v) is 7.95. The molecule has 32 heavy (non-hydrogen) atoms. The lowest BCUT2D eigenvalue weighted by atomic mass is 10.1. The van der Waals surface area contributed by atoms with Crippen LogP contribution in [0.2, 0.25) is 0 Å². The summed E-state index contributed by atoms with van der Waals surface area (Å²) >= 11 is 0. The molecule has 2 aliphatic heterocycles. The Labute approximate surface area is 182 Å². The fourth-order valence-electron chi connectivity index (χ4n) is 4.02. The van der Waals surface area contributed by atoms with E-state index in [4.69, 9.17) is 9.84 Å². The van der Waals surface area contributed by atoms with Gasteiger partial charge in [-0.2, -0.15) is 23.0 Å². The molecule has 2 saturated heterocycles. The van der Waals surface area contributed by atoms with E-state index in [-0.39, 0.29) is 17.5 Å². The van der Waals surface area contributed by atoms with Crippen molar-refractivity contribution in [3.63, 3.8) is 0 Å². The number of carboxylic acid groups (broad SMARTS) is 1. The molecule has 1 N–H and O–H groups in total. The fourth-order valence-corrected chi connectivity index (χ4v) is 4.02. The summed E-state index contributed by atoms with van der Waals surface area (Å²) < 4.78 is 47.1. The first kappa shape index (κ1) is 22.0. The number of nitrogens with zero attached hydrogens (tertiary/aromatic N) is 4. The van der Waals surface area contributed by atoms with Gasteiger partial charge in [0.1, 0.15) is 11.9 Å². The number of ether oxygens (including phenoxy) is 1. The Hall–Kier alpha value is -3.24. The highest BCUT2D eigenvalue weighted by atomic mass is 19.4. The third-order valence-electron chi connectivity index (χ3n) is 5.71.